The Kier molecular flexibility index (Phi) is 3.85. The second-order valence-electron chi connectivity index (χ2n) is 5.42. The van der Waals surface area contributed by atoms with Crippen molar-refractivity contribution in [1.29, 1.82) is 0 Å². The largest absolute Gasteiger partial charge is 0.503 e. The number of furan rings is 1. The number of amides is 1. The molecular formula is C17H10FN3O4S. The molecule has 2 aromatic heterocycles. The molecule has 7 nitrogen and oxygen atoms in total. The van der Waals surface area contributed by atoms with Crippen LogP contribution in [0.2, 0.25) is 0 Å². The number of aromatic nitrogens is 2. The second-order valence-corrected chi connectivity index (χ2v) is 6.23. The van der Waals surface area contributed by atoms with Gasteiger partial charge in [-0.15, -0.1) is 10.2 Å². The van der Waals surface area contributed by atoms with E-state index in [0.29, 0.717) is 5.56 Å². The molecule has 0 bridgehead atoms. The summed E-state index contributed by atoms with van der Waals surface area (Å²) in [6.45, 7) is 0. The average Bonchev–Trinajstić information content (AvgIpc) is 3.37. The third-order valence-electron chi connectivity index (χ3n) is 3.92. The second kappa shape index (κ2) is 6.19. The summed E-state index contributed by atoms with van der Waals surface area (Å²) < 4.78 is 18.9. The fourth-order valence-corrected chi connectivity index (χ4v) is 3.42. The first-order valence-electron chi connectivity index (χ1n) is 7.44. The average molecular weight is 371 g/mol. The molecular weight excluding hydrogens is 361 g/mol. The van der Waals surface area contributed by atoms with Gasteiger partial charge in [-0.25, -0.2) is 4.39 Å². The zero-order valence-electron chi connectivity index (χ0n) is 13.0. The highest BCUT2D eigenvalue weighted by atomic mass is 32.1. The van der Waals surface area contributed by atoms with E-state index in [0.717, 1.165) is 16.2 Å². The highest BCUT2D eigenvalue weighted by Gasteiger charge is 2.46. The number of hydrogen-bond donors (Lipinski definition) is 1. The maximum atomic E-state index is 13.8. The van der Waals surface area contributed by atoms with Crippen LogP contribution in [-0.2, 0) is 4.79 Å². The lowest BCUT2D eigenvalue weighted by Gasteiger charge is -2.23. The summed E-state index contributed by atoms with van der Waals surface area (Å²) in [6.07, 6.45) is 1.31. The zero-order chi connectivity index (χ0) is 18.3. The SMILES string of the molecule is O=C(C1=C(O)C(=O)N(c2nncs2)C1c1cccc(F)c1)c1ccco1. The van der Waals surface area contributed by atoms with E-state index in [2.05, 4.69) is 10.2 Å². The van der Waals surface area contributed by atoms with Gasteiger partial charge in [0.2, 0.25) is 10.9 Å². The Bertz CT molecular complexity index is 1010. The maximum absolute atomic E-state index is 13.8. The molecule has 26 heavy (non-hydrogen) atoms. The summed E-state index contributed by atoms with van der Waals surface area (Å²) in [6, 6.07) is 7.34. The summed E-state index contributed by atoms with van der Waals surface area (Å²) in [7, 11) is 0. The highest BCUT2D eigenvalue weighted by molar-refractivity contribution is 7.13. The minimum Gasteiger partial charge on any atom is -0.503 e. The van der Waals surface area contributed by atoms with Gasteiger partial charge >= 0.3 is 0 Å². The number of ketones is 1. The van der Waals surface area contributed by atoms with Gasteiger partial charge in [0, 0.05) is 0 Å². The van der Waals surface area contributed by atoms with Gasteiger partial charge in [0.15, 0.2) is 11.5 Å². The Hall–Kier alpha value is -3.33. The molecule has 3 aromatic rings. The monoisotopic (exact) mass is 371 g/mol. The first kappa shape index (κ1) is 16.2. The van der Waals surface area contributed by atoms with Crippen LogP contribution >= 0.6 is 11.3 Å². The molecule has 1 atom stereocenters. The van der Waals surface area contributed by atoms with Crippen molar-refractivity contribution < 1.29 is 23.5 Å². The van der Waals surface area contributed by atoms with Crippen LogP contribution in [-0.4, -0.2) is 27.0 Å². The number of Topliss-reactive ketones (excluding diaryl/α,β-unsaturated/α-hetero) is 1. The summed E-state index contributed by atoms with van der Waals surface area (Å²) in [4.78, 5) is 26.6. The van der Waals surface area contributed by atoms with Crippen molar-refractivity contribution in [3.8, 4) is 0 Å². The van der Waals surface area contributed by atoms with Crippen LogP contribution < -0.4 is 4.90 Å². The molecule has 1 amide bonds. The lowest BCUT2D eigenvalue weighted by Crippen LogP contribution is -2.31. The van der Waals surface area contributed by atoms with Crippen LogP contribution in [0.25, 0.3) is 0 Å². The topological polar surface area (TPSA) is 96.5 Å². The van der Waals surface area contributed by atoms with Crippen molar-refractivity contribution in [3.63, 3.8) is 0 Å². The number of carbonyl (C=O) groups excluding carboxylic acids is 2. The normalized spacial score (nSPS) is 17.2. The molecule has 0 aliphatic carbocycles. The fraction of sp³-hybridized carbons (Fsp3) is 0.0588. The fourth-order valence-electron chi connectivity index (χ4n) is 2.84. The van der Waals surface area contributed by atoms with Crippen LogP contribution in [0.15, 0.2) is 63.9 Å². The van der Waals surface area contributed by atoms with Gasteiger partial charge in [0.25, 0.3) is 5.91 Å². The van der Waals surface area contributed by atoms with E-state index < -0.39 is 29.3 Å². The van der Waals surface area contributed by atoms with Crippen molar-refractivity contribution >= 4 is 28.2 Å². The zero-order valence-corrected chi connectivity index (χ0v) is 13.8. The van der Waals surface area contributed by atoms with Gasteiger partial charge in [-0.1, -0.05) is 23.5 Å². The number of aliphatic hydroxyl groups is 1. The van der Waals surface area contributed by atoms with Crippen LogP contribution in [0.5, 0.6) is 0 Å². The molecule has 9 heteroatoms. The van der Waals surface area contributed by atoms with Crippen molar-refractivity contribution in [2.75, 3.05) is 4.90 Å². The molecule has 0 spiro atoms. The van der Waals surface area contributed by atoms with E-state index in [9.17, 15) is 19.1 Å². The van der Waals surface area contributed by atoms with Crippen LogP contribution in [0.4, 0.5) is 9.52 Å². The molecule has 0 saturated carbocycles. The van der Waals surface area contributed by atoms with Gasteiger partial charge in [-0.2, -0.15) is 0 Å². The van der Waals surface area contributed by atoms with E-state index in [1.807, 2.05) is 0 Å². The lowest BCUT2D eigenvalue weighted by molar-refractivity contribution is -0.117. The molecule has 3 heterocycles. The molecule has 130 valence electrons. The van der Waals surface area contributed by atoms with Crippen LogP contribution in [0, 0.1) is 5.82 Å². The van der Waals surface area contributed by atoms with E-state index in [4.69, 9.17) is 4.42 Å². The molecule has 1 N–H and O–H groups in total. The van der Waals surface area contributed by atoms with Crippen LogP contribution in [0.3, 0.4) is 0 Å². The minimum absolute atomic E-state index is 0.0418. The van der Waals surface area contributed by atoms with Gasteiger partial charge in [0.1, 0.15) is 11.3 Å². The van der Waals surface area contributed by atoms with E-state index >= 15 is 0 Å². The smallest absolute Gasteiger partial charge is 0.296 e. The Morgan fingerprint density at radius 3 is 2.81 bits per heavy atom. The molecule has 0 fully saturated rings. The number of rotatable bonds is 4. The number of benzene rings is 1. The first-order chi connectivity index (χ1) is 12.6. The molecule has 0 saturated heterocycles. The van der Waals surface area contributed by atoms with Crippen molar-refractivity contribution in [1.82, 2.24) is 10.2 Å². The summed E-state index contributed by atoms with van der Waals surface area (Å²) in [5, 5.41) is 18.1. The van der Waals surface area contributed by atoms with E-state index in [-0.39, 0.29) is 16.5 Å². The Morgan fingerprint density at radius 1 is 1.31 bits per heavy atom. The number of hydrogen-bond acceptors (Lipinski definition) is 7. The first-order valence-corrected chi connectivity index (χ1v) is 8.32. The lowest BCUT2D eigenvalue weighted by atomic mass is 9.95. The van der Waals surface area contributed by atoms with Gasteiger partial charge in [-0.05, 0) is 29.8 Å². The molecule has 1 aromatic carbocycles. The highest BCUT2D eigenvalue weighted by Crippen LogP contribution is 2.42. The van der Waals surface area contributed by atoms with Crippen LogP contribution in [0.1, 0.15) is 22.2 Å². The predicted molar refractivity (Wildman–Crippen MR) is 89.2 cm³/mol. The Balaban J connectivity index is 1.89. The Labute approximate surface area is 150 Å². The molecule has 1 unspecified atom stereocenters. The predicted octanol–water partition coefficient (Wildman–Crippen LogP) is 3.05. The maximum Gasteiger partial charge on any atom is 0.296 e. The summed E-state index contributed by atoms with van der Waals surface area (Å²) in [5.41, 5.74) is 1.52. The van der Waals surface area contributed by atoms with E-state index in [1.165, 1.54) is 42.1 Å². The summed E-state index contributed by atoms with van der Waals surface area (Å²) in [5.74, 6) is -2.79. The number of halogens is 1. The molecule has 4 rings (SSSR count). The number of carbonyl (C=O) groups is 2. The van der Waals surface area contributed by atoms with Gasteiger partial charge < -0.3 is 9.52 Å². The summed E-state index contributed by atoms with van der Waals surface area (Å²) >= 11 is 1.06. The van der Waals surface area contributed by atoms with Crippen molar-refractivity contribution in [2.24, 2.45) is 0 Å². The van der Waals surface area contributed by atoms with Gasteiger partial charge in [0.05, 0.1) is 17.9 Å². The third-order valence-corrected chi connectivity index (χ3v) is 4.61. The quantitative estimate of drug-likeness (QED) is 0.708. The Morgan fingerprint density at radius 2 is 2.15 bits per heavy atom. The van der Waals surface area contributed by atoms with Gasteiger partial charge in [-0.3, -0.25) is 14.5 Å². The van der Waals surface area contributed by atoms with Crippen molar-refractivity contribution in [3.05, 3.63) is 76.6 Å². The molecule has 1 aliphatic rings. The molecule has 0 radical (unpaired) electrons. The number of aliphatic hydroxyl groups excluding tert-OH is 1. The number of nitrogens with zero attached hydrogens (tertiary/aromatic N) is 3. The molecule has 1 aliphatic heterocycles. The standard InChI is InChI=1S/C17H10FN3O4S/c18-10-4-1-3-9(7-10)13-12(14(22)11-5-2-6-25-11)15(23)16(24)21(13)17-20-19-8-26-17/h1-8,13,23H. The van der Waals surface area contributed by atoms with Crippen molar-refractivity contribution in [2.45, 2.75) is 6.04 Å². The number of anilines is 1. The van der Waals surface area contributed by atoms with E-state index in [1.54, 1.807) is 6.07 Å². The minimum atomic E-state index is -1.05. The third kappa shape index (κ3) is 2.49.